The zero-order valence-corrected chi connectivity index (χ0v) is 18.9. The van der Waals surface area contributed by atoms with Gasteiger partial charge in [-0.25, -0.2) is 12.7 Å². The van der Waals surface area contributed by atoms with Gasteiger partial charge in [0.05, 0.1) is 12.7 Å². The van der Waals surface area contributed by atoms with E-state index >= 15 is 0 Å². The summed E-state index contributed by atoms with van der Waals surface area (Å²) in [4.78, 5) is 39.2. The highest BCUT2D eigenvalue weighted by atomic mass is 32.2. The Labute approximate surface area is 187 Å². The summed E-state index contributed by atoms with van der Waals surface area (Å²) >= 11 is 0. The quantitative estimate of drug-likeness (QED) is 0.638. The van der Waals surface area contributed by atoms with E-state index in [1.165, 1.54) is 24.1 Å². The summed E-state index contributed by atoms with van der Waals surface area (Å²) in [6.45, 7) is 1.42. The van der Waals surface area contributed by atoms with Gasteiger partial charge in [-0.1, -0.05) is 24.3 Å². The van der Waals surface area contributed by atoms with Gasteiger partial charge in [0.25, 0.3) is 15.9 Å². The first-order valence-electron chi connectivity index (χ1n) is 10.0. The summed E-state index contributed by atoms with van der Waals surface area (Å²) < 4.78 is 31.3. The fourth-order valence-corrected chi connectivity index (χ4v) is 5.08. The number of ether oxygens (including phenoxy) is 1. The predicted molar refractivity (Wildman–Crippen MR) is 116 cm³/mol. The molecule has 170 valence electrons. The first-order chi connectivity index (χ1) is 15.2. The molecule has 0 spiro atoms. The molecule has 1 atom stereocenters. The van der Waals surface area contributed by atoms with Crippen molar-refractivity contribution in [3.63, 3.8) is 0 Å². The minimum absolute atomic E-state index is 0.0636. The van der Waals surface area contributed by atoms with E-state index in [-0.39, 0.29) is 35.9 Å². The molecule has 0 fully saturated rings. The molecule has 9 nitrogen and oxygen atoms in total. The van der Waals surface area contributed by atoms with Crippen molar-refractivity contribution in [3.8, 4) is 5.75 Å². The third-order valence-corrected chi connectivity index (χ3v) is 7.21. The SMILES string of the molecule is CNC(=O)C(C)N(Cc1ccc(OC)cc1)C(=O)CCN1C(=O)c2ccccc2S1(=O)=O. The van der Waals surface area contributed by atoms with Gasteiger partial charge in [0.1, 0.15) is 16.7 Å². The van der Waals surface area contributed by atoms with Gasteiger partial charge in [-0.2, -0.15) is 0 Å². The van der Waals surface area contributed by atoms with Crippen molar-refractivity contribution in [1.82, 2.24) is 14.5 Å². The average Bonchev–Trinajstić information content (AvgIpc) is 3.00. The lowest BCUT2D eigenvalue weighted by molar-refractivity contribution is -0.140. The van der Waals surface area contributed by atoms with E-state index in [1.54, 1.807) is 50.4 Å². The van der Waals surface area contributed by atoms with Crippen molar-refractivity contribution >= 4 is 27.7 Å². The zero-order chi connectivity index (χ0) is 23.5. The van der Waals surface area contributed by atoms with Crippen molar-refractivity contribution in [3.05, 3.63) is 59.7 Å². The Kier molecular flexibility index (Phi) is 6.83. The second kappa shape index (κ2) is 9.39. The van der Waals surface area contributed by atoms with E-state index in [0.29, 0.717) is 10.1 Å². The maximum Gasteiger partial charge on any atom is 0.269 e. The third kappa shape index (κ3) is 4.45. The molecule has 0 aromatic heterocycles. The topological polar surface area (TPSA) is 113 Å². The summed E-state index contributed by atoms with van der Waals surface area (Å²) in [6, 6.07) is 12.2. The van der Waals surface area contributed by atoms with Crippen molar-refractivity contribution in [2.45, 2.75) is 30.8 Å². The lowest BCUT2D eigenvalue weighted by Crippen LogP contribution is -2.47. The number of benzene rings is 2. The third-order valence-electron chi connectivity index (χ3n) is 5.37. The Hall–Kier alpha value is -3.40. The normalized spacial score (nSPS) is 15.1. The largest absolute Gasteiger partial charge is 0.497 e. The number of fused-ring (bicyclic) bond motifs is 1. The Morgan fingerprint density at radius 2 is 1.78 bits per heavy atom. The summed E-state index contributed by atoms with van der Waals surface area (Å²) in [6.07, 6.45) is -0.254. The minimum atomic E-state index is -4.00. The monoisotopic (exact) mass is 459 g/mol. The van der Waals surface area contributed by atoms with Crippen LogP contribution >= 0.6 is 0 Å². The first kappa shape index (κ1) is 23.3. The summed E-state index contributed by atoms with van der Waals surface area (Å²) in [5.41, 5.74) is 0.862. The van der Waals surface area contributed by atoms with Gasteiger partial charge in [-0.3, -0.25) is 14.4 Å². The highest BCUT2D eigenvalue weighted by Gasteiger charge is 2.41. The fourth-order valence-electron chi connectivity index (χ4n) is 3.51. The van der Waals surface area contributed by atoms with E-state index in [9.17, 15) is 22.8 Å². The number of carbonyl (C=O) groups excluding carboxylic acids is 3. The van der Waals surface area contributed by atoms with Crippen LogP contribution in [0.25, 0.3) is 0 Å². The molecule has 3 rings (SSSR count). The van der Waals surface area contributed by atoms with Crippen LogP contribution < -0.4 is 10.1 Å². The van der Waals surface area contributed by atoms with E-state index in [1.807, 2.05) is 0 Å². The summed E-state index contributed by atoms with van der Waals surface area (Å²) in [5.74, 6) is -0.808. The van der Waals surface area contributed by atoms with Gasteiger partial charge in [0.2, 0.25) is 11.8 Å². The van der Waals surface area contributed by atoms with Crippen LogP contribution in [0.3, 0.4) is 0 Å². The van der Waals surface area contributed by atoms with E-state index < -0.39 is 27.9 Å². The molecule has 32 heavy (non-hydrogen) atoms. The Morgan fingerprint density at radius 1 is 1.12 bits per heavy atom. The Morgan fingerprint density at radius 3 is 2.38 bits per heavy atom. The molecule has 1 unspecified atom stereocenters. The van der Waals surface area contributed by atoms with Crippen LogP contribution in [0.1, 0.15) is 29.3 Å². The van der Waals surface area contributed by atoms with Crippen LogP contribution in [-0.4, -0.2) is 62.1 Å². The van der Waals surface area contributed by atoms with Gasteiger partial charge in [-0.05, 0) is 36.8 Å². The molecule has 0 bridgehead atoms. The molecule has 10 heteroatoms. The Bertz CT molecular complexity index is 1130. The highest BCUT2D eigenvalue weighted by molar-refractivity contribution is 7.90. The number of likely N-dealkylation sites (N-methyl/N-ethyl adjacent to an activating group) is 1. The molecule has 1 N–H and O–H groups in total. The average molecular weight is 460 g/mol. The molecule has 1 aliphatic heterocycles. The number of hydrogen-bond acceptors (Lipinski definition) is 6. The number of rotatable bonds is 8. The van der Waals surface area contributed by atoms with Crippen LogP contribution in [-0.2, 0) is 26.2 Å². The Balaban J connectivity index is 1.78. The van der Waals surface area contributed by atoms with E-state index in [0.717, 1.165) is 5.56 Å². The van der Waals surface area contributed by atoms with Crippen LogP contribution in [0.2, 0.25) is 0 Å². The number of amides is 3. The fraction of sp³-hybridized carbons (Fsp3) is 0.318. The number of nitrogens with one attached hydrogen (secondary N) is 1. The number of nitrogens with zero attached hydrogens (tertiary/aromatic N) is 2. The minimum Gasteiger partial charge on any atom is -0.497 e. The number of sulfonamides is 1. The molecule has 1 heterocycles. The predicted octanol–water partition coefficient (Wildman–Crippen LogP) is 1.39. The van der Waals surface area contributed by atoms with Gasteiger partial charge in [0.15, 0.2) is 0 Å². The van der Waals surface area contributed by atoms with Crippen LogP contribution in [0, 0.1) is 0 Å². The van der Waals surface area contributed by atoms with Gasteiger partial charge in [-0.15, -0.1) is 0 Å². The molecule has 2 aromatic carbocycles. The molecule has 0 radical (unpaired) electrons. The number of hydrogen-bond donors (Lipinski definition) is 1. The molecule has 3 amide bonds. The smallest absolute Gasteiger partial charge is 0.269 e. The van der Waals surface area contributed by atoms with Gasteiger partial charge in [0, 0.05) is 26.6 Å². The molecule has 1 aliphatic rings. The molecular formula is C22H25N3O6S. The van der Waals surface area contributed by atoms with Crippen LogP contribution in [0.4, 0.5) is 0 Å². The maximum atomic E-state index is 13.1. The van der Waals surface area contributed by atoms with Crippen molar-refractivity contribution in [2.24, 2.45) is 0 Å². The number of methoxy groups -OCH3 is 1. The first-order valence-corrected chi connectivity index (χ1v) is 11.4. The van der Waals surface area contributed by atoms with Crippen molar-refractivity contribution in [1.29, 1.82) is 0 Å². The number of carbonyl (C=O) groups is 3. The molecular weight excluding hydrogens is 434 g/mol. The molecule has 0 saturated heterocycles. The van der Waals surface area contributed by atoms with Gasteiger partial charge >= 0.3 is 0 Å². The standard InChI is InChI=1S/C22H25N3O6S/c1-15(21(27)23-2)24(14-16-8-10-17(31-3)11-9-16)20(26)12-13-25-22(28)18-6-4-5-7-19(18)32(25,29)30/h4-11,15H,12-14H2,1-3H3,(H,23,27). The molecule has 0 saturated carbocycles. The van der Waals surface area contributed by atoms with Crippen LogP contribution in [0.5, 0.6) is 5.75 Å². The van der Waals surface area contributed by atoms with E-state index in [4.69, 9.17) is 4.74 Å². The summed E-state index contributed by atoms with van der Waals surface area (Å²) in [5, 5.41) is 2.52. The van der Waals surface area contributed by atoms with Crippen molar-refractivity contribution < 1.29 is 27.5 Å². The van der Waals surface area contributed by atoms with Gasteiger partial charge < -0.3 is 15.0 Å². The lowest BCUT2D eigenvalue weighted by atomic mass is 10.1. The second-order valence-corrected chi connectivity index (χ2v) is 9.12. The highest BCUT2D eigenvalue weighted by Crippen LogP contribution is 2.30. The zero-order valence-electron chi connectivity index (χ0n) is 18.1. The molecule has 0 aliphatic carbocycles. The van der Waals surface area contributed by atoms with E-state index in [2.05, 4.69) is 5.32 Å². The summed E-state index contributed by atoms with van der Waals surface area (Å²) in [7, 11) is -0.985. The second-order valence-electron chi connectivity index (χ2n) is 7.29. The van der Waals surface area contributed by atoms with Crippen LogP contribution in [0.15, 0.2) is 53.4 Å². The lowest BCUT2D eigenvalue weighted by Gasteiger charge is -2.29. The van der Waals surface area contributed by atoms with Crippen molar-refractivity contribution in [2.75, 3.05) is 20.7 Å². The molecule has 2 aromatic rings. The maximum absolute atomic E-state index is 13.1.